The average molecular weight is 483 g/mol. The van der Waals surface area contributed by atoms with Gasteiger partial charge in [0.05, 0.1) is 24.3 Å². The monoisotopic (exact) mass is 482 g/mol. The van der Waals surface area contributed by atoms with Crippen LogP contribution in [-0.2, 0) is 16.8 Å². The molecular formula is C26H38N6O3. The number of H-pyrrole nitrogens is 1. The molecule has 0 radical (unpaired) electrons. The number of ether oxygens (including phenoxy) is 2. The summed E-state index contributed by atoms with van der Waals surface area (Å²) in [5, 5.41) is 13.7. The van der Waals surface area contributed by atoms with E-state index in [1.807, 2.05) is 35.9 Å². The van der Waals surface area contributed by atoms with E-state index < -0.39 is 0 Å². The van der Waals surface area contributed by atoms with Crippen LogP contribution in [0.15, 0.2) is 29.1 Å². The molecule has 35 heavy (non-hydrogen) atoms. The minimum atomic E-state index is -0.266. The van der Waals surface area contributed by atoms with Crippen molar-refractivity contribution in [2.24, 2.45) is 5.92 Å². The molecule has 0 aliphatic carbocycles. The van der Waals surface area contributed by atoms with Crippen molar-refractivity contribution in [2.75, 3.05) is 19.8 Å². The summed E-state index contributed by atoms with van der Waals surface area (Å²) in [5.41, 5.74) is 1.14. The summed E-state index contributed by atoms with van der Waals surface area (Å²) in [6, 6.07) is 7.64. The lowest BCUT2D eigenvalue weighted by molar-refractivity contribution is 0.0371. The molecule has 2 aromatic heterocycles. The van der Waals surface area contributed by atoms with E-state index in [0.717, 1.165) is 41.9 Å². The predicted molar refractivity (Wildman–Crippen MR) is 136 cm³/mol. The van der Waals surface area contributed by atoms with Gasteiger partial charge in [0.15, 0.2) is 5.82 Å². The molecule has 0 unspecified atom stereocenters. The largest absolute Gasteiger partial charge is 0.494 e. The Morgan fingerprint density at radius 3 is 2.74 bits per heavy atom. The fraction of sp³-hybridized carbons (Fsp3) is 0.615. The van der Waals surface area contributed by atoms with Crippen molar-refractivity contribution < 1.29 is 9.47 Å². The van der Waals surface area contributed by atoms with E-state index in [1.54, 1.807) is 0 Å². The minimum absolute atomic E-state index is 0.0849. The molecule has 0 saturated carbocycles. The van der Waals surface area contributed by atoms with Gasteiger partial charge in [-0.2, -0.15) is 0 Å². The lowest BCUT2D eigenvalue weighted by Gasteiger charge is -2.36. The summed E-state index contributed by atoms with van der Waals surface area (Å²) in [6.45, 7) is 15.1. The maximum absolute atomic E-state index is 13.1. The molecule has 2 atom stereocenters. The summed E-state index contributed by atoms with van der Waals surface area (Å²) < 4.78 is 13.6. The van der Waals surface area contributed by atoms with Crippen LogP contribution < -0.4 is 10.3 Å². The number of hydrogen-bond acceptors (Lipinski definition) is 7. The zero-order chi connectivity index (χ0) is 25.2. The van der Waals surface area contributed by atoms with Crippen LogP contribution in [0, 0.1) is 5.92 Å². The van der Waals surface area contributed by atoms with E-state index in [9.17, 15) is 4.79 Å². The molecular weight excluding hydrogens is 444 g/mol. The van der Waals surface area contributed by atoms with Gasteiger partial charge in [0.25, 0.3) is 5.56 Å². The third-order valence-corrected chi connectivity index (χ3v) is 6.46. The summed E-state index contributed by atoms with van der Waals surface area (Å²) >= 11 is 0. The van der Waals surface area contributed by atoms with Gasteiger partial charge in [-0.1, -0.05) is 13.8 Å². The molecule has 1 aliphatic rings. The summed E-state index contributed by atoms with van der Waals surface area (Å²) in [7, 11) is 0. The standard InChI is InChI=1S/C26H38N6O3/c1-7-34-20-10-11-22-18(14-20)13-19(25(33)27-22)15-31(16-21-9-8-12-35-21)23(17(2)3)24-28-29-30-32(24)26(4,5)6/h10-11,13-14,17,21,23H,7-9,12,15-16H2,1-6H3,(H,27,33)/t21-,23+/m1/s1. The quantitative estimate of drug-likeness (QED) is 0.491. The second-order valence-electron chi connectivity index (χ2n) is 10.7. The van der Waals surface area contributed by atoms with E-state index in [-0.39, 0.29) is 29.2 Å². The van der Waals surface area contributed by atoms with Crippen LogP contribution in [0.4, 0.5) is 0 Å². The van der Waals surface area contributed by atoms with Gasteiger partial charge in [-0.25, -0.2) is 4.68 Å². The molecule has 0 amide bonds. The van der Waals surface area contributed by atoms with Gasteiger partial charge in [0.2, 0.25) is 0 Å². The Kier molecular flexibility index (Phi) is 7.56. The second kappa shape index (κ2) is 10.5. The molecule has 1 saturated heterocycles. The Hall–Kier alpha value is -2.78. The topological polar surface area (TPSA) is 98.2 Å². The number of fused-ring (bicyclic) bond motifs is 1. The first kappa shape index (κ1) is 25.3. The number of tetrazole rings is 1. The Balaban J connectivity index is 1.75. The maximum atomic E-state index is 13.1. The highest BCUT2D eigenvalue weighted by molar-refractivity contribution is 5.80. The van der Waals surface area contributed by atoms with Crippen LogP contribution in [-0.4, -0.2) is 56.0 Å². The first-order valence-corrected chi connectivity index (χ1v) is 12.6. The molecule has 1 fully saturated rings. The minimum Gasteiger partial charge on any atom is -0.494 e. The Labute approximate surface area is 206 Å². The Morgan fingerprint density at radius 1 is 1.29 bits per heavy atom. The van der Waals surface area contributed by atoms with Gasteiger partial charge in [-0.05, 0) is 81.1 Å². The normalized spacial score (nSPS) is 17.5. The zero-order valence-electron chi connectivity index (χ0n) is 21.7. The van der Waals surface area contributed by atoms with Gasteiger partial charge in [0, 0.05) is 36.2 Å². The predicted octanol–water partition coefficient (Wildman–Crippen LogP) is 4.05. The van der Waals surface area contributed by atoms with E-state index >= 15 is 0 Å². The molecule has 190 valence electrons. The second-order valence-corrected chi connectivity index (χ2v) is 10.7. The highest BCUT2D eigenvalue weighted by atomic mass is 16.5. The zero-order valence-corrected chi connectivity index (χ0v) is 21.7. The van der Waals surface area contributed by atoms with Crippen LogP contribution >= 0.6 is 0 Å². The first-order chi connectivity index (χ1) is 16.7. The first-order valence-electron chi connectivity index (χ1n) is 12.6. The van der Waals surface area contributed by atoms with E-state index in [0.29, 0.717) is 25.3 Å². The molecule has 3 heterocycles. The van der Waals surface area contributed by atoms with Crippen molar-refractivity contribution in [2.45, 2.75) is 78.6 Å². The highest BCUT2D eigenvalue weighted by Gasteiger charge is 2.34. The third-order valence-electron chi connectivity index (χ3n) is 6.46. The Bertz CT molecular complexity index is 1190. The summed E-state index contributed by atoms with van der Waals surface area (Å²) in [4.78, 5) is 18.5. The van der Waals surface area contributed by atoms with Crippen LogP contribution in [0.2, 0.25) is 0 Å². The molecule has 9 nitrogen and oxygen atoms in total. The smallest absolute Gasteiger partial charge is 0.252 e. The molecule has 1 aliphatic heterocycles. The lowest BCUT2D eigenvalue weighted by atomic mass is 9.98. The van der Waals surface area contributed by atoms with Gasteiger partial charge in [-0.3, -0.25) is 9.69 Å². The lowest BCUT2D eigenvalue weighted by Crippen LogP contribution is -2.41. The van der Waals surface area contributed by atoms with Crippen molar-refractivity contribution in [3.05, 3.63) is 46.0 Å². The molecule has 0 spiro atoms. The van der Waals surface area contributed by atoms with Crippen LogP contribution in [0.1, 0.15) is 71.8 Å². The van der Waals surface area contributed by atoms with Crippen molar-refractivity contribution in [3.8, 4) is 5.75 Å². The molecule has 4 rings (SSSR count). The van der Waals surface area contributed by atoms with Gasteiger partial charge >= 0.3 is 0 Å². The number of rotatable bonds is 9. The van der Waals surface area contributed by atoms with Crippen molar-refractivity contribution in [3.63, 3.8) is 0 Å². The highest BCUT2D eigenvalue weighted by Crippen LogP contribution is 2.32. The number of pyridine rings is 1. The molecule has 3 aromatic rings. The molecule has 1 N–H and O–H groups in total. The van der Waals surface area contributed by atoms with E-state index in [1.165, 1.54) is 0 Å². The fourth-order valence-electron chi connectivity index (χ4n) is 4.89. The molecule has 9 heteroatoms. The van der Waals surface area contributed by atoms with Crippen molar-refractivity contribution in [1.29, 1.82) is 0 Å². The van der Waals surface area contributed by atoms with Crippen LogP contribution in [0.25, 0.3) is 10.9 Å². The van der Waals surface area contributed by atoms with Crippen LogP contribution in [0.3, 0.4) is 0 Å². The number of nitrogens with zero attached hydrogens (tertiary/aromatic N) is 5. The average Bonchev–Trinajstić information content (AvgIpc) is 3.47. The summed E-state index contributed by atoms with van der Waals surface area (Å²) in [6.07, 6.45) is 2.19. The number of nitrogens with one attached hydrogen (secondary N) is 1. The summed E-state index contributed by atoms with van der Waals surface area (Å²) in [5.74, 6) is 1.81. The number of aromatic nitrogens is 5. The van der Waals surface area contributed by atoms with E-state index in [2.05, 4.69) is 60.0 Å². The van der Waals surface area contributed by atoms with Gasteiger partial charge in [-0.15, -0.1) is 5.10 Å². The third kappa shape index (κ3) is 5.73. The maximum Gasteiger partial charge on any atom is 0.252 e. The molecule has 1 aromatic carbocycles. The Morgan fingerprint density at radius 2 is 2.09 bits per heavy atom. The van der Waals surface area contributed by atoms with Crippen LogP contribution in [0.5, 0.6) is 5.75 Å². The fourth-order valence-corrected chi connectivity index (χ4v) is 4.89. The molecule has 0 bridgehead atoms. The van der Waals surface area contributed by atoms with E-state index in [4.69, 9.17) is 9.47 Å². The van der Waals surface area contributed by atoms with Gasteiger partial charge in [0.1, 0.15) is 5.75 Å². The number of benzene rings is 1. The van der Waals surface area contributed by atoms with Crippen molar-refractivity contribution in [1.82, 2.24) is 30.1 Å². The number of aromatic amines is 1. The van der Waals surface area contributed by atoms with Gasteiger partial charge < -0.3 is 14.5 Å². The number of hydrogen-bond donors (Lipinski definition) is 1. The van der Waals surface area contributed by atoms with Crippen molar-refractivity contribution >= 4 is 10.9 Å². The SMILES string of the molecule is CCOc1ccc2[nH]c(=O)c(CN(C[C@H]3CCCO3)[C@H](c3nnnn3C(C)(C)C)C(C)C)cc2c1.